The van der Waals surface area contributed by atoms with Gasteiger partial charge in [0.1, 0.15) is 5.82 Å². The molecule has 1 heterocycles. The van der Waals surface area contributed by atoms with Crippen LogP contribution in [0.3, 0.4) is 0 Å². The Balaban J connectivity index is 2.43. The van der Waals surface area contributed by atoms with Gasteiger partial charge in [0.2, 0.25) is 0 Å². The van der Waals surface area contributed by atoms with Gasteiger partial charge < -0.3 is 10.6 Å². The molecule has 2 N–H and O–H groups in total. The highest BCUT2D eigenvalue weighted by molar-refractivity contribution is 7.84. The first kappa shape index (κ1) is 15.6. The summed E-state index contributed by atoms with van der Waals surface area (Å²) < 4.78 is 11.2. The molecular formula is C12H20N4O2S. The number of carbonyl (C=O) groups excluding carboxylic acids is 1. The monoisotopic (exact) mass is 284 g/mol. The molecule has 0 aromatic carbocycles. The Morgan fingerprint density at radius 1 is 1.42 bits per heavy atom. The zero-order valence-corrected chi connectivity index (χ0v) is 12.3. The zero-order chi connectivity index (χ0) is 14.3. The number of hydrogen-bond acceptors (Lipinski definition) is 5. The van der Waals surface area contributed by atoms with Crippen molar-refractivity contribution >= 4 is 22.5 Å². The minimum absolute atomic E-state index is 0.0718. The summed E-state index contributed by atoms with van der Waals surface area (Å²) in [5, 5.41) is 13.6. The summed E-state index contributed by atoms with van der Waals surface area (Å²) in [7, 11) is -0.863. The van der Waals surface area contributed by atoms with E-state index in [0.29, 0.717) is 18.8 Å². The molecule has 0 aliphatic heterocycles. The van der Waals surface area contributed by atoms with Crippen LogP contribution < -0.4 is 10.6 Å². The van der Waals surface area contributed by atoms with Crippen molar-refractivity contribution in [3.8, 4) is 0 Å². The van der Waals surface area contributed by atoms with Crippen molar-refractivity contribution in [2.24, 2.45) is 0 Å². The summed E-state index contributed by atoms with van der Waals surface area (Å²) in [6.45, 7) is 5.09. The summed E-state index contributed by atoms with van der Waals surface area (Å²) in [5.41, 5.74) is 0.284. The van der Waals surface area contributed by atoms with E-state index in [4.69, 9.17) is 0 Å². The predicted octanol–water partition coefficient (Wildman–Crippen LogP) is 0.795. The maximum absolute atomic E-state index is 11.8. The SMILES string of the molecule is CCNc1ccc(C(=O)NCCC(C)S(C)=O)nn1. The van der Waals surface area contributed by atoms with Crippen molar-refractivity contribution < 1.29 is 9.00 Å². The van der Waals surface area contributed by atoms with Crippen LogP contribution in [0.25, 0.3) is 0 Å². The van der Waals surface area contributed by atoms with Crippen LogP contribution in [-0.2, 0) is 10.8 Å². The summed E-state index contributed by atoms with van der Waals surface area (Å²) in [6.07, 6.45) is 2.34. The van der Waals surface area contributed by atoms with Gasteiger partial charge in [-0.05, 0) is 25.5 Å². The quantitative estimate of drug-likeness (QED) is 0.773. The van der Waals surface area contributed by atoms with Crippen LogP contribution >= 0.6 is 0 Å². The largest absolute Gasteiger partial charge is 0.369 e. The maximum atomic E-state index is 11.8. The van der Waals surface area contributed by atoms with Crippen LogP contribution in [0, 0.1) is 0 Å². The van der Waals surface area contributed by atoms with Gasteiger partial charge in [0.15, 0.2) is 5.69 Å². The molecule has 0 fully saturated rings. The van der Waals surface area contributed by atoms with E-state index in [2.05, 4.69) is 20.8 Å². The molecule has 0 aliphatic rings. The molecule has 0 saturated carbocycles. The van der Waals surface area contributed by atoms with Gasteiger partial charge in [0.25, 0.3) is 5.91 Å². The third-order valence-electron chi connectivity index (χ3n) is 2.66. The lowest BCUT2D eigenvalue weighted by atomic mass is 10.3. The molecule has 7 heteroatoms. The topological polar surface area (TPSA) is 84.0 Å². The Morgan fingerprint density at radius 3 is 2.68 bits per heavy atom. The zero-order valence-electron chi connectivity index (χ0n) is 11.5. The van der Waals surface area contributed by atoms with E-state index in [9.17, 15) is 9.00 Å². The lowest BCUT2D eigenvalue weighted by molar-refractivity contribution is 0.0947. The van der Waals surface area contributed by atoms with Crippen molar-refractivity contribution in [1.82, 2.24) is 15.5 Å². The number of carbonyl (C=O) groups is 1. The molecule has 1 aromatic heterocycles. The molecule has 0 saturated heterocycles. The first-order valence-corrected chi connectivity index (χ1v) is 7.84. The Hall–Kier alpha value is -1.50. The average molecular weight is 284 g/mol. The standard InChI is InChI=1S/C12H20N4O2S/c1-4-13-11-6-5-10(15-16-11)12(17)14-8-7-9(2)19(3)18/h5-6,9H,4,7-8H2,1-3H3,(H,13,16)(H,14,17). The van der Waals surface area contributed by atoms with E-state index in [0.717, 1.165) is 6.54 Å². The average Bonchev–Trinajstić information content (AvgIpc) is 2.39. The van der Waals surface area contributed by atoms with Crippen molar-refractivity contribution in [2.75, 3.05) is 24.7 Å². The fraction of sp³-hybridized carbons (Fsp3) is 0.583. The summed E-state index contributed by atoms with van der Waals surface area (Å²) >= 11 is 0. The molecule has 6 nitrogen and oxygen atoms in total. The van der Waals surface area contributed by atoms with E-state index >= 15 is 0 Å². The minimum atomic E-state index is -0.863. The van der Waals surface area contributed by atoms with E-state index in [1.54, 1.807) is 18.4 Å². The number of amides is 1. The highest BCUT2D eigenvalue weighted by Crippen LogP contribution is 2.02. The fourth-order valence-corrected chi connectivity index (χ4v) is 1.82. The molecule has 19 heavy (non-hydrogen) atoms. The summed E-state index contributed by atoms with van der Waals surface area (Å²) in [6, 6.07) is 3.34. The van der Waals surface area contributed by atoms with Crippen LogP contribution in [0.2, 0.25) is 0 Å². The predicted molar refractivity (Wildman–Crippen MR) is 76.7 cm³/mol. The van der Waals surface area contributed by atoms with Crippen molar-refractivity contribution in [3.63, 3.8) is 0 Å². The van der Waals surface area contributed by atoms with Gasteiger partial charge in [-0.3, -0.25) is 9.00 Å². The Bertz CT molecular complexity index is 436. The lowest BCUT2D eigenvalue weighted by Crippen LogP contribution is -2.28. The maximum Gasteiger partial charge on any atom is 0.271 e. The number of hydrogen-bond donors (Lipinski definition) is 2. The Morgan fingerprint density at radius 2 is 2.16 bits per heavy atom. The normalized spacial score (nSPS) is 13.6. The summed E-state index contributed by atoms with van der Waals surface area (Å²) in [5.74, 6) is 0.388. The van der Waals surface area contributed by atoms with Crippen molar-refractivity contribution in [2.45, 2.75) is 25.5 Å². The van der Waals surface area contributed by atoms with Crippen LogP contribution in [0.15, 0.2) is 12.1 Å². The van der Waals surface area contributed by atoms with Crippen LogP contribution in [0.5, 0.6) is 0 Å². The third-order valence-corrected chi connectivity index (χ3v) is 4.03. The van der Waals surface area contributed by atoms with Gasteiger partial charge in [0, 0.05) is 35.4 Å². The molecule has 0 bridgehead atoms. The fourth-order valence-electron chi connectivity index (χ4n) is 1.37. The van der Waals surface area contributed by atoms with Gasteiger partial charge in [0.05, 0.1) is 0 Å². The van der Waals surface area contributed by atoms with E-state index in [1.807, 2.05) is 13.8 Å². The molecule has 1 amide bonds. The van der Waals surface area contributed by atoms with E-state index in [-0.39, 0.29) is 16.9 Å². The van der Waals surface area contributed by atoms with Gasteiger partial charge in [-0.25, -0.2) is 0 Å². The van der Waals surface area contributed by atoms with Crippen LogP contribution in [-0.4, -0.2) is 44.9 Å². The second-order valence-electron chi connectivity index (χ2n) is 4.19. The van der Waals surface area contributed by atoms with Crippen molar-refractivity contribution in [1.29, 1.82) is 0 Å². The molecule has 0 radical (unpaired) electrons. The van der Waals surface area contributed by atoms with E-state index in [1.165, 1.54) is 0 Å². The van der Waals surface area contributed by atoms with E-state index < -0.39 is 10.8 Å². The second-order valence-corrected chi connectivity index (χ2v) is 5.99. The Labute approximate surface area is 115 Å². The number of nitrogens with one attached hydrogen (secondary N) is 2. The number of nitrogens with zero attached hydrogens (tertiary/aromatic N) is 2. The molecule has 2 unspecified atom stereocenters. The van der Waals surface area contributed by atoms with Gasteiger partial charge in [-0.15, -0.1) is 10.2 Å². The van der Waals surface area contributed by atoms with Gasteiger partial charge in [-0.2, -0.15) is 0 Å². The first-order valence-electron chi connectivity index (χ1n) is 6.22. The molecule has 2 atom stereocenters. The molecule has 0 aliphatic carbocycles. The number of rotatable bonds is 7. The molecule has 106 valence electrons. The smallest absolute Gasteiger partial charge is 0.271 e. The van der Waals surface area contributed by atoms with Gasteiger partial charge in [-0.1, -0.05) is 6.92 Å². The third kappa shape index (κ3) is 5.34. The van der Waals surface area contributed by atoms with Crippen LogP contribution in [0.4, 0.5) is 5.82 Å². The van der Waals surface area contributed by atoms with Crippen molar-refractivity contribution in [3.05, 3.63) is 17.8 Å². The van der Waals surface area contributed by atoms with Crippen LogP contribution in [0.1, 0.15) is 30.8 Å². The number of aromatic nitrogens is 2. The molecule has 1 rings (SSSR count). The second kappa shape index (κ2) is 7.83. The lowest BCUT2D eigenvalue weighted by Gasteiger charge is -2.09. The molecule has 1 aromatic rings. The number of anilines is 1. The first-order chi connectivity index (χ1) is 9.04. The highest BCUT2D eigenvalue weighted by atomic mass is 32.2. The summed E-state index contributed by atoms with van der Waals surface area (Å²) in [4.78, 5) is 11.8. The highest BCUT2D eigenvalue weighted by Gasteiger charge is 2.10. The molecule has 0 spiro atoms. The Kier molecular flexibility index (Phi) is 6.41. The van der Waals surface area contributed by atoms with Gasteiger partial charge >= 0.3 is 0 Å². The minimum Gasteiger partial charge on any atom is -0.369 e. The molecular weight excluding hydrogens is 264 g/mol.